The van der Waals surface area contributed by atoms with Crippen LogP contribution in [0.5, 0.6) is 0 Å². The van der Waals surface area contributed by atoms with Gasteiger partial charge in [-0.25, -0.2) is 0 Å². The minimum absolute atomic E-state index is 0.0565. The number of halogens is 2. The first-order valence-electron chi connectivity index (χ1n) is 9.40. The molecule has 1 aliphatic heterocycles. The number of nitro benzene ring substituents is 1. The Labute approximate surface area is 187 Å². The van der Waals surface area contributed by atoms with Crippen LogP contribution in [0, 0.1) is 10.1 Å². The topological polar surface area (TPSA) is 97.9 Å². The zero-order valence-corrected chi connectivity index (χ0v) is 17.7. The smallest absolute Gasteiger partial charge is 0.294 e. The third kappa shape index (κ3) is 4.66. The molecule has 1 saturated heterocycles. The van der Waals surface area contributed by atoms with Gasteiger partial charge in [0, 0.05) is 30.4 Å². The van der Waals surface area contributed by atoms with E-state index < -0.39 is 10.8 Å². The number of morpholine rings is 1. The standard InChI is InChI=1S/C21H17Cl2N3O5/c22-15-3-1-13(11-16(15)23)19-5-6-20(31-19)21(27)24-14-2-4-17(18(12-14)26(28)29)25-7-9-30-10-8-25/h1-6,11-12H,7-10H2,(H,24,27). The molecular formula is C21H17Cl2N3O5. The fraction of sp³-hybridized carbons (Fsp3) is 0.190. The number of furan rings is 1. The molecule has 1 aromatic heterocycles. The molecule has 0 atom stereocenters. The number of anilines is 2. The van der Waals surface area contributed by atoms with Gasteiger partial charge in [0.25, 0.3) is 11.6 Å². The molecule has 4 rings (SSSR count). The second-order valence-corrected chi connectivity index (χ2v) is 7.62. The predicted molar refractivity (Wildman–Crippen MR) is 118 cm³/mol. The summed E-state index contributed by atoms with van der Waals surface area (Å²) in [7, 11) is 0. The zero-order chi connectivity index (χ0) is 22.0. The lowest BCUT2D eigenvalue weighted by Crippen LogP contribution is -2.36. The lowest BCUT2D eigenvalue weighted by Gasteiger charge is -2.28. The lowest BCUT2D eigenvalue weighted by molar-refractivity contribution is -0.384. The number of nitro groups is 1. The number of nitrogens with zero attached hydrogens (tertiary/aromatic N) is 2. The van der Waals surface area contributed by atoms with Crippen LogP contribution in [-0.4, -0.2) is 37.1 Å². The lowest BCUT2D eigenvalue weighted by atomic mass is 10.2. The van der Waals surface area contributed by atoms with E-state index in [-0.39, 0.29) is 11.4 Å². The summed E-state index contributed by atoms with van der Waals surface area (Å²) in [5.41, 5.74) is 1.36. The average molecular weight is 462 g/mol. The van der Waals surface area contributed by atoms with Gasteiger partial charge in [-0.15, -0.1) is 0 Å². The second-order valence-electron chi connectivity index (χ2n) is 6.81. The number of benzene rings is 2. The van der Waals surface area contributed by atoms with Crippen LogP contribution in [0.4, 0.5) is 17.1 Å². The van der Waals surface area contributed by atoms with Crippen molar-refractivity contribution in [2.75, 3.05) is 36.5 Å². The zero-order valence-electron chi connectivity index (χ0n) is 16.1. The summed E-state index contributed by atoms with van der Waals surface area (Å²) in [4.78, 5) is 25.6. The van der Waals surface area contributed by atoms with Crippen LogP contribution in [-0.2, 0) is 4.74 Å². The molecule has 0 radical (unpaired) electrons. The molecule has 1 fully saturated rings. The van der Waals surface area contributed by atoms with Gasteiger partial charge in [0.15, 0.2) is 5.76 Å². The van der Waals surface area contributed by atoms with Crippen LogP contribution in [0.2, 0.25) is 10.0 Å². The highest BCUT2D eigenvalue weighted by molar-refractivity contribution is 6.42. The Kier molecular flexibility index (Phi) is 6.13. The highest BCUT2D eigenvalue weighted by atomic mass is 35.5. The van der Waals surface area contributed by atoms with Gasteiger partial charge in [0.1, 0.15) is 11.4 Å². The van der Waals surface area contributed by atoms with Gasteiger partial charge in [-0.3, -0.25) is 14.9 Å². The third-order valence-corrected chi connectivity index (χ3v) is 5.55. The van der Waals surface area contributed by atoms with Crippen LogP contribution in [0.3, 0.4) is 0 Å². The van der Waals surface area contributed by atoms with E-state index in [0.717, 1.165) is 0 Å². The van der Waals surface area contributed by atoms with Crippen LogP contribution in [0.25, 0.3) is 11.3 Å². The normalized spacial score (nSPS) is 13.8. The number of carbonyl (C=O) groups is 1. The number of hydrogen-bond donors (Lipinski definition) is 1. The van der Waals surface area contributed by atoms with Crippen molar-refractivity contribution in [3.63, 3.8) is 0 Å². The summed E-state index contributed by atoms with van der Waals surface area (Å²) in [6.07, 6.45) is 0. The summed E-state index contributed by atoms with van der Waals surface area (Å²) in [6, 6.07) is 12.7. The van der Waals surface area contributed by atoms with E-state index in [4.69, 9.17) is 32.4 Å². The predicted octanol–water partition coefficient (Wildman–Crippen LogP) is 5.25. The SMILES string of the molecule is O=C(Nc1ccc(N2CCOCC2)c([N+](=O)[O-])c1)c1ccc(-c2ccc(Cl)c(Cl)c2)o1. The Morgan fingerprint density at radius 3 is 2.52 bits per heavy atom. The maximum atomic E-state index is 12.6. The van der Waals surface area contributed by atoms with Crippen LogP contribution in [0.15, 0.2) is 52.9 Å². The molecule has 0 bridgehead atoms. The molecule has 2 aromatic carbocycles. The van der Waals surface area contributed by atoms with E-state index in [1.165, 1.54) is 12.1 Å². The molecule has 2 heterocycles. The summed E-state index contributed by atoms with van der Waals surface area (Å²) in [5, 5.41) is 15.0. The largest absolute Gasteiger partial charge is 0.451 e. The molecule has 3 aromatic rings. The minimum atomic E-state index is -0.528. The van der Waals surface area contributed by atoms with E-state index in [1.54, 1.807) is 36.4 Å². The molecule has 1 amide bonds. The minimum Gasteiger partial charge on any atom is -0.451 e. The van der Waals surface area contributed by atoms with Crippen LogP contribution < -0.4 is 10.2 Å². The number of amides is 1. The van der Waals surface area contributed by atoms with E-state index in [0.29, 0.717) is 59.0 Å². The Bertz CT molecular complexity index is 1140. The molecule has 0 spiro atoms. The van der Waals surface area contributed by atoms with Crippen molar-refractivity contribution in [3.8, 4) is 11.3 Å². The molecule has 0 unspecified atom stereocenters. The van der Waals surface area contributed by atoms with Gasteiger partial charge in [0.05, 0.1) is 28.2 Å². The van der Waals surface area contributed by atoms with E-state index in [9.17, 15) is 14.9 Å². The molecule has 10 heteroatoms. The van der Waals surface area contributed by atoms with E-state index in [1.807, 2.05) is 4.90 Å². The first-order chi connectivity index (χ1) is 14.9. The highest BCUT2D eigenvalue weighted by Gasteiger charge is 2.23. The van der Waals surface area contributed by atoms with Gasteiger partial charge in [-0.05, 0) is 42.5 Å². The van der Waals surface area contributed by atoms with Crippen molar-refractivity contribution >= 4 is 46.2 Å². The van der Waals surface area contributed by atoms with Crippen LogP contribution in [0.1, 0.15) is 10.6 Å². The van der Waals surface area contributed by atoms with Crippen molar-refractivity contribution in [2.24, 2.45) is 0 Å². The van der Waals surface area contributed by atoms with Crippen molar-refractivity contribution in [1.82, 2.24) is 0 Å². The van der Waals surface area contributed by atoms with Crippen molar-refractivity contribution < 1.29 is 18.9 Å². The molecule has 0 aliphatic carbocycles. The Hall–Kier alpha value is -3.07. The number of rotatable bonds is 5. The van der Waals surface area contributed by atoms with Gasteiger partial charge in [0.2, 0.25) is 0 Å². The van der Waals surface area contributed by atoms with Gasteiger partial charge < -0.3 is 19.4 Å². The Morgan fingerprint density at radius 1 is 1.03 bits per heavy atom. The van der Waals surface area contributed by atoms with Gasteiger partial charge in [-0.1, -0.05) is 23.2 Å². The summed E-state index contributed by atoms with van der Waals surface area (Å²) in [5.74, 6) is -0.0296. The summed E-state index contributed by atoms with van der Waals surface area (Å²) < 4.78 is 10.9. The number of nitrogens with one attached hydrogen (secondary N) is 1. The maximum Gasteiger partial charge on any atom is 0.294 e. The maximum absolute atomic E-state index is 12.6. The molecule has 0 saturated carbocycles. The number of ether oxygens (including phenoxy) is 1. The first kappa shape index (κ1) is 21.2. The quantitative estimate of drug-likeness (QED) is 0.411. The van der Waals surface area contributed by atoms with Crippen molar-refractivity contribution in [3.05, 3.63) is 74.5 Å². The van der Waals surface area contributed by atoms with Gasteiger partial charge in [-0.2, -0.15) is 0 Å². The van der Waals surface area contributed by atoms with Crippen molar-refractivity contribution in [2.45, 2.75) is 0 Å². The monoisotopic (exact) mass is 461 g/mol. The molecule has 1 N–H and O–H groups in total. The fourth-order valence-electron chi connectivity index (χ4n) is 3.28. The number of carbonyl (C=O) groups excluding carboxylic acids is 1. The molecular weight excluding hydrogens is 445 g/mol. The molecule has 160 valence electrons. The molecule has 31 heavy (non-hydrogen) atoms. The fourth-order valence-corrected chi connectivity index (χ4v) is 3.57. The third-order valence-electron chi connectivity index (χ3n) is 4.82. The Morgan fingerprint density at radius 2 is 1.81 bits per heavy atom. The number of hydrogen-bond acceptors (Lipinski definition) is 6. The molecule has 1 aliphatic rings. The Balaban J connectivity index is 1.53. The van der Waals surface area contributed by atoms with E-state index >= 15 is 0 Å². The highest BCUT2D eigenvalue weighted by Crippen LogP contribution is 2.33. The van der Waals surface area contributed by atoms with Gasteiger partial charge >= 0.3 is 0 Å². The van der Waals surface area contributed by atoms with Crippen molar-refractivity contribution in [1.29, 1.82) is 0 Å². The van der Waals surface area contributed by atoms with E-state index in [2.05, 4.69) is 5.32 Å². The summed E-state index contributed by atoms with van der Waals surface area (Å²) >= 11 is 12.0. The first-order valence-corrected chi connectivity index (χ1v) is 10.2. The van der Waals surface area contributed by atoms with Crippen LogP contribution >= 0.6 is 23.2 Å². The average Bonchev–Trinajstić information content (AvgIpc) is 3.27. The summed E-state index contributed by atoms with van der Waals surface area (Å²) in [6.45, 7) is 2.15. The second kappa shape index (κ2) is 8.97. The molecule has 8 nitrogen and oxygen atoms in total.